The van der Waals surface area contributed by atoms with Crippen molar-refractivity contribution in [3.05, 3.63) is 34.6 Å². The first-order chi connectivity index (χ1) is 7.58. The SMILES string of the molecule is O=C(O)[C@H]1CC[C@@H](c2ccc(F)c(Cl)c2)N1. The van der Waals surface area contributed by atoms with Gasteiger partial charge in [0.1, 0.15) is 11.9 Å². The van der Waals surface area contributed by atoms with Crippen LogP contribution in [0.2, 0.25) is 5.02 Å². The van der Waals surface area contributed by atoms with Crippen LogP contribution in [0.4, 0.5) is 4.39 Å². The van der Waals surface area contributed by atoms with Gasteiger partial charge in [-0.05, 0) is 30.5 Å². The summed E-state index contributed by atoms with van der Waals surface area (Å²) in [5, 5.41) is 11.9. The third kappa shape index (κ3) is 2.18. The van der Waals surface area contributed by atoms with Crippen molar-refractivity contribution in [2.75, 3.05) is 0 Å². The van der Waals surface area contributed by atoms with Crippen molar-refractivity contribution in [3.8, 4) is 0 Å². The second-order valence-electron chi connectivity index (χ2n) is 3.86. The number of nitrogens with one attached hydrogen (secondary N) is 1. The van der Waals surface area contributed by atoms with Crippen LogP contribution >= 0.6 is 11.6 Å². The van der Waals surface area contributed by atoms with E-state index in [-0.39, 0.29) is 11.1 Å². The van der Waals surface area contributed by atoms with Gasteiger partial charge in [-0.3, -0.25) is 10.1 Å². The normalized spacial score (nSPS) is 24.6. The molecule has 1 aliphatic rings. The number of aliphatic carboxylic acids is 1. The number of rotatable bonds is 2. The molecular weight excluding hydrogens is 233 g/mol. The van der Waals surface area contributed by atoms with Crippen LogP contribution in [-0.2, 0) is 4.79 Å². The Kier molecular flexibility index (Phi) is 3.12. The van der Waals surface area contributed by atoms with E-state index in [1.54, 1.807) is 12.1 Å². The maximum Gasteiger partial charge on any atom is 0.320 e. The zero-order valence-corrected chi connectivity index (χ0v) is 9.17. The number of carboxylic acid groups (broad SMARTS) is 1. The largest absolute Gasteiger partial charge is 0.480 e. The van der Waals surface area contributed by atoms with Crippen LogP contribution in [0.5, 0.6) is 0 Å². The summed E-state index contributed by atoms with van der Waals surface area (Å²) in [5.41, 5.74) is 0.829. The Morgan fingerprint density at radius 1 is 1.50 bits per heavy atom. The van der Waals surface area contributed by atoms with E-state index in [0.717, 1.165) is 12.0 Å². The zero-order chi connectivity index (χ0) is 11.7. The minimum Gasteiger partial charge on any atom is -0.480 e. The van der Waals surface area contributed by atoms with Gasteiger partial charge in [0, 0.05) is 6.04 Å². The number of hydrogen-bond acceptors (Lipinski definition) is 2. The highest BCUT2D eigenvalue weighted by atomic mass is 35.5. The zero-order valence-electron chi connectivity index (χ0n) is 8.41. The van der Waals surface area contributed by atoms with E-state index in [4.69, 9.17) is 16.7 Å². The van der Waals surface area contributed by atoms with Crippen molar-refractivity contribution < 1.29 is 14.3 Å². The topological polar surface area (TPSA) is 49.3 Å². The van der Waals surface area contributed by atoms with Crippen molar-refractivity contribution in [1.82, 2.24) is 5.32 Å². The number of halogens is 2. The first kappa shape index (κ1) is 11.4. The smallest absolute Gasteiger partial charge is 0.320 e. The Hall–Kier alpha value is -1.13. The molecule has 1 fully saturated rings. The fraction of sp³-hybridized carbons (Fsp3) is 0.364. The Morgan fingerprint density at radius 2 is 2.25 bits per heavy atom. The average molecular weight is 244 g/mol. The van der Waals surface area contributed by atoms with E-state index in [1.807, 2.05) is 0 Å². The molecule has 1 saturated heterocycles. The molecule has 0 aromatic heterocycles. The van der Waals surface area contributed by atoms with Crippen molar-refractivity contribution in [1.29, 1.82) is 0 Å². The molecule has 5 heteroatoms. The standard InChI is InChI=1S/C11H11ClFNO2/c12-7-5-6(1-2-8(7)13)9-3-4-10(14-9)11(15)16/h1-2,5,9-10,14H,3-4H2,(H,15,16)/t9-,10+/m0/s1. The molecule has 86 valence electrons. The summed E-state index contributed by atoms with van der Waals surface area (Å²) in [5.74, 6) is -1.31. The van der Waals surface area contributed by atoms with Crippen LogP contribution in [-0.4, -0.2) is 17.1 Å². The summed E-state index contributed by atoms with van der Waals surface area (Å²) >= 11 is 5.67. The first-order valence-electron chi connectivity index (χ1n) is 5.01. The van der Waals surface area contributed by atoms with Crippen LogP contribution in [0, 0.1) is 5.82 Å². The van der Waals surface area contributed by atoms with Crippen molar-refractivity contribution in [3.63, 3.8) is 0 Å². The molecule has 0 aliphatic carbocycles. The highest BCUT2D eigenvalue weighted by molar-refractivity contribution is 6.30. The fourth-order valence-corrected chi connectivity index (χ4v) is 2.12. The first-order valence-corrected chi connectivity index (χ1v) is 5.39. The number of benzene rings is 1. The molecule has 1 heterocycles. The number of hydrogen-bond donors (Lipinski definition) is 2. The van der Waals surface area contributed by atoms with Crippen molar-refractivity contribution >= 4 is 17.6 Å². The maximum atomic E-state index is 12.9. The van der Waals surface area contributed by atoms with Crippen LogP contribution in [0.25, 0.3) is 0 Å². The summed E-state index contributed by atoms with van der Waals surface area (Å²) in [6, 6.07) is 3.89. The highest BCUT2D eigenvalue weighted by Gasteiger charge is 2.29. The van der Waals surface area contributed by atoms with Gasteiger partial charge in [-0.25, -0.2) is 4.39 Å². The summed E-state index contributed by atoms with van der Waals surface area (Å²) in [7, 11) is 0. The van der Waals surface area contributed by atoms with Gasteiger partial charge in [-0.15, -0.1) is 0 Å². The van der Waals surface area contributed by atoms with Crippen LogP contribution < -0.4 is 5.32 Å². The van der Waals surface area contributed by atoms with E-state index in [2.05, 4.69) is 5.32 Å². The second kappa shape index (κ2) is 4.39. The van der Waals surface area contributed by atoms with Gasteiger partial charge in [-0.2, -0.15) is 0 Å². The number of carbonyl (C=O) groups is 1. The molecule has 0 bridgehead atoms. The molecule has 1 aliphatic heterocycles. The molecule has 0 unspecified atom stereocenters. The lowest BCUT2D eigenvalue weighted by Gasteiger charge is -2.12. The Morgan fingerprint density at radius 3 is 2.81 bits per heavy atom. The summed E-state index contributed by atoms with van der Waals surface area (Å²) < 4.78 is 12.9. The molecule has 2 rings (SSSR count). The maximum absolute atomic E-state index is 12.9. The lowest BCUT2D eigenvalue weighted by atomic mass is 10.1. The predicted molar refractivity (Wildman–Crippen MR) is 57.9 cm³/mol. The Balaban J connectivity index is 2.14. The average Bonchev–Trinajstić information content (AvgIpc) is 2.71. The summed E-state index contributed by atoms with van der Waals surface area (Å²) in [6.45, 7) is 0. The molecule has 16 heavy (non-hydrogen) atoms. The molecule has 0 spiro atoms. The van der Waals surface area contributed by atoms with E-state index in [9.17, 15) is 9.18 Å². The van der Waals surface area contributed by atoms with Gasteiger partial charge in [-0.1, -0.05) is 17.7 Å². The van der Waals surface area contributed by atoms with E-state index >= 15 is 0 Å². The second-order valence-corrected chi connectivity index (χ2v) is 4.27. The van der Waals surface area contributed by atoms with Gasteiger partial charge >= 0.3 is 5.97 Å². The summed E-state index contributed by atoms with van der Waals surface area (Å²) in [6.07, 6.45) is 1.30. The molecule has 1 aromatic rings. The van der Waals surface area contributed by atoms with E-state index in [0.29, 0.717) is 6.42 Å². The third-order valence-corrected chi connectivity index (χ3v) is 3.08. The molecular formula is C11H11ClFNO2. The Labute approximate surface area is 97.2 Å². The van der Waals surface area contributed by atoms with Crippen LogP contribution in [0.3, 0.4) is 0 Å². The molecule has 0 amide bonds. The van der Waals surface area contributed by atoms with Crippen LogP contribution in [0.15, 0.2) is 18.2 Å². The highest BCUT2D eigenvalue weighted by Crippen LogP contribution is 2.29. The monoisotopic (exact) mass is 243 g/mol. The predicted octanol–water partition coefficient (Wildman–Crippen LogP) is 2.36. The molecule has 0 saturated carbocycles. The quantitative estimate of drug-likeness (QED) is 0.838. The minimum absolute atomic E-state index is 0.0563. The molecule has 1 aromatic carbocycles. The molecule has 2 N–H and O–H groups in total. The van der Waals surface area contributed by atoms with Gasteiger partial charge in [0.05, 0.1) is 5.02 Å². The van der Waals surface area contributed by atoms with Gasteiger partial charge in [0.2, 0.25) is 0 Å². The minimum atomic E-state index is -0.851. The lowest BCUT2D eigenvalue weighted by Crippen LogP contribution is -2.31. The van der Waals surface area contributed by atoms with E-state index in [1.165, 1.54) is 6.07 Å². The molecule has 2 atom stereocenters. The molecule has 0 radical (unpaired) electrons. The van der Waals surface area contributed by atoms with Gasteiger partial charge in [0.25, 0.3) is 0 Å². The van der Waals surface area contributed by atoms with Crippen LogP contribution in [0.1, 0.15) is 24.4 Å². The van der Waals surface area contributed by atoms with E-state index < -0.39 is 17.8 Å². The lowest BCUT2D eigenvalue weighted by molar-refractivity contribution is -0.139. The Bertz CT molecular complexity index is 424. The van der Waals surface area contributed by atoms with Gasteiger partial charge in [0.15, 0.2) is 0 Å². The summed E-state index contributed by atoms with van der Waals surface area (Å²) in [4.78, 5) is 10.8. The third-order valence-electron chi connectivity index (χ3n) is 2.79. The van der Waals surface area contributed by atoms with Crippen molar-refractivity contribution in [2.24, 2.45) is 0 Å². The van der Waals surface area contributed by atoms with Crippen molar-refractivity contribution in [2.45, 2.75) is 24.9 Å². The molecule has 3 nitrogen and oxygen atoms in total. The number of carboxylic acids is 1. The van der Waals surface area contributed by atoms with Gasteiger partial charge < -0.3 is 5.11 Å². The fourth-order valence-electron chi connectivity index (χ4n) is 1.93.